The van der Waals surface area contributed by atoms with Gasteiger partial charge in [0.1, 0.15) is 42.4 Å². The highest BCUT2D eigenvalue weighted by Crippen LogP contribution is 2.48. The monoisotopic (exact) mass is 489 g/mol. The summed E-state index contributed by atoms with van der Waals surface area (Å²) >= 11 is 0. The van der Waals surface area contributed by atoms with E-state index < -0.39 is 12.8 Å². The maximum Gasteiger partial charge on any atom is 0.150 e. The molecule has 3 aromatic carbocycles. The van der Waals surface area contributed by atoms with Gasteiger partial charge in [-0.15, -0.1) is 0 Å². The highest BCUT2D eigenvalue weighted by molar-refractivity contribution is 5.97. The lowest BCUT2D eigenvalue weighted by molar-refractivity contribution is 0.169. The molecule has 0 saturated carbocycles. The standard InChI is InChI=1S/C30H32FNO4/c1-19-12-13-32(17-19)20(2)18-35-25-9-6-21(7-10-25)30-29(22-4-3-5-23(33)14-22)27(16-31)26-15-24(34)8-11-28(26)36-30/h3-11,14-15,19-20,30,33-34H,12-13,16-18H2,1-2H3/t19-,20+,30?/m1/s1. The third-order valence-electron chi connectivity index (χ3n) is 7.16. The molecule has 1 unspecified atom stereocenters. The number of hydrogen-bond acceptors (Lipinski definition) is 5. The fraction of sp³-hybridized carbons (Fsp3) is 0.333. The number of phenols is 2. The van der Waals surface area contributed by atoms with Crippen molar-refractivity contribution in [2.45, 2.75) is 32.4 Å². The van der Waals surface area contributed by atoms with Crippen LogP contribution in [0.5, 0.6) is 23.0 Å². The first kappa shape index (κ1) is 24.2. The summed E-state index contributed by atoms with van der Waals surface area (Å²) in [7, 11) is 0. The average molecular weight is 490 g/mol. The zero-order valence-electron chi connectivity index (χ0n) is 20.7. The number of aromatic hydroxyl groups is 2. The predicted octanol–water partition coefficient (Wildman–Crippen LogP) is 6.22. The summed E-state index contributed by atoms with van der Waals surface area (Å²) in [6.45, 7) is 6.59. The lowest BCUT2D eigenvalue weighted by atomic mass is 9.85. The van der Waals surface area contributed by atoms with Crippen LogP contribution in [0.3, 0.4) is 0 Å². The second kappa shape index (κ2) is 10.2. The summed E-state index contributed by atoms with van der Waals surface area (Å²) in [5.41, 5.74) is 3.06. The Balaban J connectivity index is 1.43. The highest BCUT2D eigenvalue weighted by Gasteiger charge is 2.31. The van der Waals surface area contributed by atoms with Crippen molar-refractivity contribution in [1.29, 1.82) is 0 Å². The number of benzene rings is 3. The van der Waals surface area contributed by atoms with Gasteiger partial charge in [0.15, 0.2) is 0 Å². The molecule has 3 atom stereocenters. The van der Waals surface area contributed by atoms with Gasteiger partial charge in [-0.2, -0.15) is 0 Å². The third kappa shape index (κ3) is 4.91. The molecule has 2 heterocycles. The van der Waals surface area contributed by atoms with E-state index in [0.717, 1.165) is 30.3 Å². The SMILES string of the molecule is C[C@@H]1CCN([C@@H](C)COc2ccc(C3Oc4ccc(O)cc4C(CF)=C3c3cccc(O)c3)cc2)C1. The molecule has 6 heteroatoms. The number of hydrogen-bond donors (Lipinski definition) is 2. The van der Waals surface area contributed by atoms with Gasteiger partial charge in [-0.3, -0.25) is 4.90 Å². The van der Waals surface area contributed by atoms with E-state index in [4.69, 9.17) is 9.47 Å². The Labute approximate surface area is 211 Å². The number of ether oxygens (including phenoxy) is 2. The number of likely N-dealkylation sites (tertiary alicyclic amines) is 1. The van der Waals surface area contributed by atoms with E-state index in [1.807, 2.05) is 30.3 Å². The number of halogens is 1. The molecule has 5 nitrogen and oxygen atoms in total. The van der Waals surface area contributed by atoms with Crippen molar-refractivity contribution in [3.8, 4) is 23.0 Å². The van der Waals surface area contributed by atoms with Crippen LogP contribution >= 0.6 is 0 Å². The Morgan fingerprint density at radius 1 is 1.06 bits per heavy atom. The third-order valence-corrected chi connectivity index (χ3v) is 7.16. The van der Waals surface area contributed by atoms with Crippen molar-refractivity contribution in [3.63, 3.8) is 0 Å². The zero-order valence-corrected chi connectivity index (χ0v) is 20.7. The highest BCUT2D eigenvalue weighted by atomic mass is 19.1. The van der Waals surface area contributed by atoms with Crippen LogP contribution in [-0.2, 0) is 0 Å². The number of phenolic OH excluding ortho intramolecular Hbond substituents is 2. The summed E-state index contributed by atoms with van der Waals surface area (Å²) in [5, 5.41) is 20.1. The smallest absolute Gasteiger partial charge is 0.150 e. The number of alkyl halides is 1. The first-order valence-corrected chi connectivity index (χ1v) is 12.5. The molecule has 0 bridgehead atoms. The van der Waals surface area contributed by atoms with Crippen molar-refractivity contribution in [2.24, 2.45) is 5.92 Å². The summed E-state index contributed by atoms with van der Waals surface area (Å²) < 4.78 is 27.0. The van der Waals surface area contributed by atoms with Gasteiger partial charge in [-0.25, -0.2) is 4.39 Å². The Bertz CT molecular complexity index is 1260. The van der Waals surface area contributed by atoms with E-state index in [9.17, 15) is 14.6 Å². The molecule has 3 aromatic rings. The van der Waals surface area contributed by atoms with Crippen molar-refractivity contribution in [1.82, 2.24) is 4.90 Å². The first-order valence-electron chi connectivity index (χ1n) is 12.5. The number of fused-ring (bicyclic) bond motifs is 1. The fourth-order valence-corrected chi connectivity index (χ4v) is 5.15. The fourth-order valence-electron chi connectivity index (χ4n) is 5.15. The van der Waals surface area contributed by atoms with Gasteiger partial charge in [0.2, 0.25) is 0 Å². The second-order valence-corrected chi connectivity index (χ2v) is 9.87. The Hall–Kier alpha value is -3.51. The quantitative estimate of drug-likeness (QED) is 0.413. The minimum Gasteiger partial charge on any atom is -0.508 e. The van der Waals surface area contributed by atoms with Gasteiger partial charge in [-0.1, -0.05) is 31.2 Å². The van der Waals surface area contributed by atoms with Crippen LogP contribution in [0.2, 0.25) is 0 Å². The summed E-state index contributed by atoms with van der Waals surface area (Å²) in [5.74, 6) is 2.13. The van der Waals surface area contributed by atoms with Crippen LogP contribution in [0, 0.1) is 5.92 Å². The van der Waals surface area contributed by atoms with Crippen LogP contribution in [0.15, 0.2) is 66.7 Å². The van der Waals surface area contributed by atoms with Crippen LogP contribution in [0.4, 0.5) is 4.39 Å². The zero-order chi connectivity index (χ0) is 25.2. The van der Waals surface area contributed by atoms with Crippen molar-refractivity contribution < 1.29 is 24.1 Å². The molecule has 0 aromatic heterocycles. The van der Waals surface area contributed by atoms with Crippen molar-refractivity contribution in [3.05, 3.63) is 83.4 Å². The summed E-state index contributed by atoms with van der Waals surface area (Å²) in [6, 6.07) is 19.5. The van der Waals surface area contributed by atoms with Gasteiger partial charge >= 0.3 is 0 Å². The van der Waals surface area contributed by atoms with E-state index >= 15 is 0 Å². The van der Waals surface area contributed by atoms with E-state index in [1.165, 1.54) is 18.6 Å². The van der Waals surface area contributed by atoms with Gasteiger partial charge in [-0.05, 0) is 79.4 Å². The Morgan fingerprint density at radius 2 is 1.83 bits per heavy atom. The van der Waals surface area contributed by atoms with Crippen LogP contribution in [0.25, 0.3) is 11.1 Å². The maximum absolute atomic E-state index is 14.5. The summed E-state index contributed by atoms with van der Waals surface area (Å²) in [6.07, 6.45) is 0.646. The van der Waals surface area contributed by atoms with Crippen molar-refractivity contribution >= 4 is 11.1 Å². The molecule has 0 radical (unpaired) electrons. The maximum atomic E-state index is 14.5. The topological polar surface area (TPSA) is 62.2 Å². The van der Waals surface area contributed by atoms with E-state index in [2.05, 4.69) is 18.7 Å². The van der Waals surface area contributed by atoms with E-state index in [1.54, 1.807) is 24.3 Å². The average Bonchev–Trinajstić information content (AvgIpc) is 3.33. The molecule has 5 rings (SSSR count). The molecular weight excluding hydrogens is 457 g/mol. The first-order chi connectivity index (χ1) is 17.4. The molecule has 1 saturated heterocycles. The Morgan fingerprint density at radius 3 is 2.53 bits per heavy atom. The minimum atomic E-state index is -0.741. The lowest BCUT2D eigenvalue weighted by Crippen LogP contribution is -2.35. The summed E-state index contributed by atoms with van der Waals surface area (Å²) in [4.78, 5) is 2.47. The molecule has 36 heavy (non-hydrogen) atoms. The molecule has 2 aliphatic rings. The van der Waals surface area contributed by atoms with Gasteiger partial charge in [0.05, 0.1) is 0 Å². The van der Waals surface area contributed by atoms with Gasteiger partial charge in [0, 0.05) is 29.3 Å². The molecule has 0 spiro atoms. The number of allylic oxidation sites excluding steroid dienone is 1. The molecule has 0 aliphatic carbocycles. The second-order valence-electron chi connectivity index (χ2n) is 9.87. The van der Waals surface area contributed by atoms with Crippen molar-refractivity contribution in [2.75, 3.05) is 26.4 Å². The molecule has 0 amide bonds. The minimum absolute atomic E-state index is 0.0381. The molecular formula is C30H32FNO4. The van der Waals surface area contributed by atoms with Crippen LogP contribution < -0.4 is 9.47 Å². The van der Waals surface area contributed by atoms with Gasteiger partial charge < -0.3 is 19.7 Å². The normalized spacial score (nSPS) is 20.6. The largest absolute Gasteiger partial charge is 0.508 e. The predicted molar refractivity (Wildman–Crippen MR) is 139 cm³/mol. The van der Waals surface area contributed by atoms with Crippen LogP contribution in [-0.4, -0.2) is 47.5 Å². The molecule has 2 aliphatic heterocycles. The molecule has 1 fully saturated rings. The molecule has 2 N–H and O–H groups in total. The number of nitrogens with zero attached hydrogens (tertiary/aromatic N) is 1. The number of rotatable bonds is 7. The molecule has 188 valence electrons. The van der Waals surface area contributed by atoms with Crippen LogP contribution in [0.1, 0.15) is 43.1 Å². The van der Waals surface area contributed by atoms with E-state index in [0.29, 0.717) is 40.7 Å². The Kier molecular flexibility index (Phi) is 6.88. The van der Waals surface area contributed by atoms with Gasteiger partial charge in [0.25, 0.3) is 0 Å². The van der Waals surface area contributed by atoms with E-state index in [-0.39, 0.29) is 11.5 Å². The lowest BCUT2D eigenvalue weighted by Gasteiger charge is -2.31.